The van der Waals surface area contributed by atoms with Gasteiger partial charge in [-0.1, -0.05) is 36.4 Å². The molecular formula is C21H26N6. The standard InChI is InChI=1S/C21H26N6/c1-15-24-25-20(27(15)3)13-22-21(23-19-10-11-19)26(2)14-16-8-9-17-6-4-5-7-18(17)12-16/h4-9,12,19H,10-11,13-14H2,1-3H3,(H,22,23). The summed E-state index contributed by atoms with van der Waals surface area (Å²) in [5, 5.41) is 14.4. The maximum Gasteiger partial charge on any atom is 0.194 e. The number of guanidine groups is 1. The van der Waals surface area contributed by atoms with Crippen LogP contribution in [0.15, 0.2) is 47.5 Å². The Morgan fingerprint density at radius 3 is 2.67 bits per heavy atom. The van der Waals surface area contributed by atoms with Gasteiger partial charge in [-0.05, 0) is 42.2 Å². The first-order chi connectivity index (χ1) is 13.1. The van der Waals surface area contributed by atoms with Crippen molar-refractivity contribution in [1.82, 2.24) is 25.0 Å². The summed E-state index contributed by atoms with van der Waals surface area (Å²) >= 11 is 0. The first kappa shape index (κ1) is 17.5. The molecule has 1 heterocycles. The smallest absolute Gasteiger partial charge is 0.194 e. The van der Waals surface area contributed by atoms with Gasteiger partial charge in [0.2, 0.25) is 0 Å². The van der Waals surface area contributed by atoms with Gasteiger partial charge < -0.3 is 14.8 Å². The van der Waals surface area contributed by atoms with Crippen LogP contribution in [-0.2, 0) is 20.1 Å². The molecule has 1 aromatic heterocycles. The molecule has 2 aromatic carbocycles. The van der Waals surface area contributed by atoms with Crippen molar-refractivity contribution in [3.8, 4) is 0 Å². The number of aryl methyl sites for hydroxylation is 1. The number of nitrogens with one attached hydrogen (secondary N) is 1. The van der Waals surface area contributed by atoms with E-state index in [-0.39, 0.29) is 0 Å². The molecule has 1 fully saturated rings. The van der Waals surface area contributed by atoms with E-state index in [0.717, 1.165) is 24.2 Å². The Morgan fingerprint density at radius 2 is 1.96 bits per heavy atom. The van der Waals surface area contributed by atoms with Crippen LogP contribution in [-0.4, -0.2) is 38.7 Å². The topological polar surface area (TPSA) is 58.3 Å². The molecule has 0 radical (unpaired) electrons. The molecule has 1 N–H and O–H groups in total. The Morgan fingerprint density at radius 1 is 1.19 bits per heavy atom. The van der Waals surface area contributed by atoms with E-state index in [2.05, 4.69) is 69.9 Å². The molecule has 1 saturated carbocycles. The van der Waals surface area contributed by atoms with E-state index >= 15 is 0 Å². The first-order valence-corrected chi connectivity index (χ1v) is 9.45. The molecule has 0 saturated heterocycles. The summed E-state index contributed by atoms with van der Waals surface area (Å²) in [5.74, 6) is 2.70. The number of aromatic nitrogens is 3. The lowest BCUT2D eigenvalue weighted by Crippen LogP contribution is -2.39. The Bertz CT molecular complexity index is 970. The Hall–Kier alpha value is -2.89. The van der Waals surface area contributed by atoms with Crippen molar-refractivity contribution in [3.05, 3.63) is 59.7 Å². The van der Waals surface area contributed by atoms with Crippen molar-refractivity contribution >= 4 is 16.7 Å². The Balaban J connectivity index is 1.51. The van der Waals surface area contributed by atoms with Crippen molar-refractivity contribution in [2.45, 2.75) is 38.9 Å². The van der Waals surface area contributed by atoms with Crippen molar-refractivity contribution in [1.29, 1.82) is 0 Å². The van der Waals surface area contributed by atoms with Crippen molar-refractivity contribution in [2.24, 2.45) is 12.0 Å². The third-order valence-corrected chi connectivity index (χ3v) is 5.06. The van der Waals surface area contributed by atoms with Crippen LogP contribution < -0.4 is 5.32 Å². The molecule has 6 heteroatoms. The van der Waals surface area contributed by atoms with Gasteiger partial charge >= 0.3 is 0 Å². The lowest BCUT2D eigenvalue weighted by atomic mass is 10.1. The zero-order valence-corrected chi connectivity index (χ0v) is 16.2. The van der Waals surface area contributed by atoms with E-state index in [1.54, 1.807) is 0 Å². The van der Waals surface area contributed by atoms with Crippen molar-refractivity contribution < 1.29 is 0 Å². The molecule has 6 nitrogen and oxygen atoms in total. The number of nitrogens with zero attached hydrogens (tertiary/aromatic N) is 5. The first-order valence-electron chi connectivity index (χ1n) is 9.45. The second kappa shape index (κ2) is 7.39. The van der Waals surface area contributed by atoms with E-state index in [9.17, 15) is 0 Å². The molecule has 0 aliphatic heterocycles. The molecule has 0 unspecified atom stereocenters. The van der Waals surface area contributed by atoms with Crippen LogP contribution in [0.1, 0.15) is 30.1 Å². The van der Waals surface area contributed by atoms with Crippen LogP contribution in [0.5, 0.6) is 0 Å². The van der Waals surface area contributed by atoms with Gasteiger partial charge in [0.25, 0.3) is 0 Å². The lowest BCUT2D eigenvalue weighted by Gasteiger charge is -2.23. The molecule has 27 heavy (non-hydrogen) atoms. The van der Waals surface area contributed by atoms with Crippen LogP contribution in [0, 0.1) is 6.92 Å². The van der Waals surface area contributed by atoms with E-state index in [0.29, 0.717) is 12.6 Å². The fraction of sp³-hybridized carbons (Fsp3) is 0.381. The lowest BCUT2D eigenvalue weighted by molar-refractivity contribution is 0.473. The molecule has 4 rings (SSSR count). The average molecular weight is 362 g/mol. The highest BCUT2D eigenvalue weighted by molar-refractivity contribution is 5.83. The monoisotopic (exact) mass is 362 g/mol. The van der Waals surface area contributed by atoms with Crippen LogP contribution >= 0.6 is 0 Å². The van der Waals surface area contributed by atoms with Gasteiger partial charge in [-0.25, -0.2) is 4.99 Å². The fourth-order valence-corrected chi connectivity index (χ4v) is 3.11. The fourth-order valence-electron chi connectivity index (χ4n) is 3.11. The third kappa shape index (κ3) is 4.10. The predicted molar refractivity (Wildman–Crippen MR) is 108 cm³/mol. The minimum Gasteiger partial charge on any atom is -0.353 e. The third-order valence-electron chi connectivity index (χ3n) is 5.06. The summed E-state index contributed by atoms with van der Waals surface area (Å²) in [6.45, 7) is 3.28. The molecule has 0 bridgehead atoms. The molecule has 140 valence electrons. The minimum absolute atomic E-state index is 0.522. The minimum atomic E-state index is 0.522. The summed E-state index contributed by atoms with van der Waals surface area (Å²) in [5.41, 5.74) is 1.27. The Kier molecular flexibility index (Phi) is 4.79. The summed E-state index contributed by atoms with van der Waals surface area (Å²) in [6.07, 6.45) is 2.43. The van der Waals surface area contributed by atoms with E-state index in [1.807, 2.05) is 18.5 Å². The second-order valence-corrected chi connectivity index (χ2v) is 7.32. The van der Waals surface area contributed by atoms with Crippen LogP contribution in [0.2, 0.25) is 0 Å². The largest absolute Gasteiger partial charge is 0.353 e. The zero-order chi connectivity index (χ0) is 18.8. The molecule has 0 spiro atoms. The highest BCUT2D eigenvalue weighted by Crippen LogP contribution is 2.20. The summed E-state index contributed by atoms with van der Waals surface area (Å²) in [4.78, 5) is 7.00. The molecule has 0 atom stereocenters. The van der Waals surface area contributed by atoms with Crippen molar-refractivity contribution in [3.63, 3.8) is 0 Å². The normalized spacial score (nSPS) is 14.6. The van der Waals surface area contributed by atoms with Gasteiger partial charge in [-0.15, -0.1) is 10.2 Å². The highest BCUT2D eigenvalue weighted by Gasteiger charge is 2.24. The molecule has 1 aliphatic carbocycles. The number of benzene rings is 2. The molecule has 0 amide bonds. The maximum atomic E-state index is 4.81. The van der Waals surface area contributed by atoms with Gasteiger partial charge in [-0.2, -0.15) is 0 Å². The maximum absolute atomic E-state index is 4.81. The van der Waals surface area contributed by atoms with E-state index in [4.69, 9.17) is 4.99 Å². The molecule has 3 aromatic rings. The second-order valence-electron chi connectivity index (χ2n) is 7.32. The zero-order valence-electron chi connectivity index (χ0n) is 16.2. The summed E-state index contributed by atoms with van der Waals surface area (Å²) < 4.78 is 1.99. The highest BCUT2D eigenvalue weighted by atomic mass is 15.3. The van der Waals surface area contributed by atoms with Gasteiger partial charge in [0.15, 0.2) is 11.8 Å². The van der Waals surface area contributed by atoms with E-state index in [1.165, 1.54) is 29.2 Å². The van der Waals surface area contributed by atoms with Crippen LogP contribution in [0.4, 0.5) is 0 Å². The summed E-state index contributed by atoms with van der Waals surface area (Å²) in [7, 11) is 4.07. The van der Waals surface area contributed by atoms with E-state index < -0.39 is 0 Å². The number of aliphatic imine (C=N–C) groups is 1. The average Bonchev–Trinajstić information content (AvgIpc) is 3.44. The van der Waals surface area contributed by atoms with Gasteiger partial charge in [-0.3, -0.25) is 0 Å². The van der Waals surface area contributed by atoms with Crippen LogP contribution in [0.3, 0.4) is 0 Å². The number of rotatable bonds is 5. The SMILES string of the molecule is Cc1nnc(CN=C(NC2CC2)N(C)Cc2ccc3ccccc3c2)n1C. The quantitative estimate of drug-likeness (QED) is 0.560. The Labute approximate surface area is 159 Å². The van der Waals surface area contributed by atoms with Crippen molar-refractivity contribution in [2.75, 3.05) is 7.05 Å². The number of hydrogen-bond acceptors (Lipinski definition) is 3. The van der Waals surface area contributed by atoms with Gasteiger partial charge in [0.05, 0.1) is 0 Å². The molecule has 1 aliphatic rings. The summed E-state index contributed by atoms with van der Waals surface area (Å²) in [6, 6.07) is 15.6. The van der Waals surface area contributed by atoms with Crippen LogP contribution in [0.25, 0.3) is 10.8 Å². The van der Waals surface area contributed by atoms with Gasteiger partial charge in [0.1, 0.15) is 12.4 Å². The number of fused-ring (bicyclic) bond motifs is 1. The molecular weight excluding hydrogens is 336 g/mol. The predicted octanol–water partition coefficient (Wildman–Crippen LogP) is 3.02. The number of hydrogen-bond donors (Lipinski definition) is 1. The van der Waals surface area contributed by atoms with Gasteiger partial charge in [0, 0.05) is 26.7 Å².